The molecule has 1 rings (SSSR count). The van der Waals surface area contributed by atoms with Gasteiger partial charge in [-0.05, 0) is 30.9 Å². The van der Waals surface area contributed by atoms with Crippen molar-refractivity contribution in [1.82, 2.24) is 10.3 Å². The number of nitrogens with one attached hydrogen (secondary N) is 1. The Labute approximate surface area is 96.3 Å². The van der Waals surface area contributed by atoms with E-state index in [0.29, 0.717) is 6.54 Å². The number of aliphatic hydroxyl groups is 2. The fourth-order valence-electron chi connectivity index (χ4n) is 1.48. The Morgan fingerprint density at radius 3 is 2.94 bits per heavy atom. The van der Waals surface area contributed by atoms with E-state index in [4.69, 9.17) is 5.11 Å². The maximum absolute atomic E-state index is 9.59. The molecule has 0 fully saturated rings. The highest BCUT2D eigenvalue weighted by atomic mass is 16.3. The first-order chi connectivity index (χ1) is 7.83. The van der Waals surface area contributed by atoms with Gasteiger partial charge in [-0.3, -0.25) is 4.98 Å². The molecule has 0 spiro atoms. The third kappa shape index (κ3) is 5.80. The molecule has 1 aromatic rings. The molecule has 1 heterocycles. The summed E-state index contributed by atoms with van der Waals surface area (Å²) < 4.78 is 0. The Morgan fingerprint density at radius 1 is 1.38 bits per heavy atom. The third-order valence-electron chi connectivity index (χ3n) is 2.38. The number of nitrogens with zero attached hydrogens (tertiary/aromatic N) is 1. The fraction of sp³-hybridized carbons (Fsp3) is 0.583. The van der Waals surface area contributed by atoms with Crippen LogP contribution in [-0.4, -0.2) is 34.5 Å². The van der Waals surface area contributed by atoms with Crippen LogP contribution in [0.15, 0.2) is 24.5 Å². The maximum Gasteiger partial charge on any atom is 0.0664 e. The number of hydrogen-bond acceptors (Lipinski definition) is 4. The van der Waals surface area contributed by atoms with Crippen LogP contribution in [0.25, 0.3) is 0 Å². The zero-order chi connectivity index (χ0) is 11.6. The maximum atomic E-state index is 9.59. The SMILES string of the molecule is OCCCCC(O)CNCc1cccnc1. The van der Waals surface area contributed by atoms with E-state index >= 15 is 0 Å². The average Bonchev–Trinajstić information content (AvgIpc) is 2.31. The summed E-state index contributed by atoms with van der Waals surface area (Å²) in [6, 6.07) is 3.90. The Kier molecular flexibility index (Phi) is 6.72. The molecule has 0 amide bonds. The van der Waals surface area contributed by atoms with Gasteiger partial charge in [-0.25, -0.2) is 0 Å². The molecule has 1 aromatic heterocycles. The van der Waals surface area contributed by atoms with Crippen molar-refractivity contribution in [2.45, 2.75) is 31.9 Å². The summed E-state index contributed by atoms with van der Waals surface area (Å²) >= 11 is 0. The fourth-order valence-corrected chi connectivity index (χ4v) is 1.48. The van der Waals surface area contributed by atoms with Crippen LogP contribution in [0, 0.1) is 0 Å². The van der Waals surface area contributed by atoms with Crippen LogP contribution in [0.3, 0.4) is 0 Å². The number of aliphatic hydroxyl groups excluding tert-OH is 2. The van der Waals surface area contributed by atoms with Gasteiger partial charge in [-0.2, -0.15) is 0 Å². The summed E-state index contributed by atoms with van der Waals surface area (Å²) in [4.78, 5) is 4.01. The van der Waals surface area contributed by atoms with Gasteiger partial charge in [0.15, 0.2) is 0 Å². The Morgan fingerprint density at radius 2 is 2.25 bits per heavy atom. The quantitative estimate of drug-likeness (QED) is 0.569. The van der Waals surface area contributed by atoms with Crippen molar-refractivity contribution in [2.75, 3.05) is 13.2 Å². The average molecular weight is 224 g/mol. The third-order valence-corrected chi connectivity index (χ3v) is 2.38. The van der Waals surface area contributed by atoms with Crippen molar-refractivity contribution in [3.8, 4) is 0 Å². The zero-order valence-corrected chi connectivity index (χ0v) is 9.47. The van der Waals surface area contributed by atoms with Gasteiger partial charge in [0.1, 0.15) is 0 Å². The van der Waals surface area contributed by atoms with Crippen LogP contribution < -0.4 is 5.32 Å². The van der Waals surface area contributed by atoms with E-state index in [1.54, 1.807) is 6.20 Å². The largest absolute Gasteiger partial charge is 0.396 e. The van der Waals surface area contributed by atoms with Gasteiger partial charge in [0.2, 0.25) is 0 Å². The normalized spacial score (nSPS) is 12.6. The Hall–Kier alpha value is -0.970. The summed E-state index contributed by atoms with van der Waals surface area (Å²) in [5.41, 5.74) is 1.12. The van der Waals surface area contributed by atoms with Crippen LogP contribution >= 0.6 is 0 Å². The zero-order valence-electron chi connectivity index (χ0n) is 9.47. The lowest BCUT2D eigenvalue weighted by atomic mass is 10.1. The standard InChI is InChI=1S/C12H20N2O2/c15-7-2-1-5-12(16)10-14-9-11-4-3-6-13-8-11/h3-4,6,8,12,14-16H,1-2,5,7,9-10H2. The van der Waals surface area contributed by atoms with Gasteiger partial charge in [0.05, 0.1) is 6.10 Å². The van der Waals surface area contributed by atoms with E-state index < -0.39 is 0 Å². The molecular weight excluding hydrogens is 204 g/mol. The summed E-state index contributed by atoms with van der Waals surface area (Å²) in [6.07, 6.45) is 5.59. The van der Waals surface area contributed by atoms with Gasteiger partial charge in [-0.1, -0.05) is 6.07 Å². The lowest BCUT2D eigenvalue weighted by molar-refractivity contribution is 0.154. The second kappa shape index (κ2) is 8.21. The molecule has 1 atom stereocenters. The second-order valence-electron chi connectivity index (χ2n) is 3.87. The minimum absolute atomic E-state index is 0.204. The molecule has 1 unspecified atom stereocenters. The first-order valence-corrected chi connectivity index (χ1v) is 5.71. The van der Waals surface area contributed by atoms with Crippen molar-refractivity contribution >= 4 is 0 Å². The van der Waals surface area contributed by atoms with Gasteiger partial charge >= 0.3 is 0 Å². The van der Waals surface area contributed by atoms with Crippen LogP contribution in [0.1, 0.15) is 24.8 Å². The molecule has 4 nitrogen and oxygen atoms in total. The highest BCUT2D eigenvalue weighted by molar-refractivity contribution is 5.07. The Bertz CT molecular complexity index is 267. The summed E-state index contributed by atoms with van der Waals surface area (Å²) in [5.74, 6) is 0. The summed E-state index contributed by atoms with van der Waals surface area (Å²) in [5, 5.41) is 21.4. The highest BCUT2D eigenvalue weighted by Crippen LogP contribution is 2.00. The van der Waals surface area contributed by atoms with Gasteiger partial charge in [-0.15, -0.1) is 0 Å². The first-order valence-electron chi connectivity index (χ1n) is 5.71. The van der Waals surface area contributed by atoms with Crippen LogP contribution in [0.2, 0.25) is 0 Å². The van der Waals surface area contributed by atoms with E-state index in [0.717, 1.165) is 31.4 Å². The first kappa shape index (κ1) is 13.1. The van der Waals surface area contributed by atoms with E-state index in [2.05, 4.69) is 10.3 Å². The molecule has 16 heavy (non-hydrogen) atoms. The molecule has 90 valence electrons. The van der Waals surface area contributed by atoms with Crippen molar-refractivity contribution in [1.29, 1.82) is 0 Å². The van der Waals surface area contributed by atoms with Crippen LogP contribution in [0.4, 0.5) is 0 Å². The van der Waals surface area contributed by atoms with E-state index in [1.165, 1.54) is 0 Å². The molecule has 0 bridgehead atoms. The minimum Gasteiger partial charge on any atom is -0.396 e. The molecule has 0 saturated heterocycles. The molecule has 0 radical (unpaired) electrons. The predicted molar refractivity (Wildman–Crippen MR) is 62.9 cm³/mol. The molecule has 4 heteroatoms. The minimum atomic E-state index is -0.330. The summed E-state index contributed by atoms with van der Waals surface area (Å²) in [7, 11) is 0. The molecule has 0 aromatic carbocycles. The smallest absolute Gasteiger partial charge is 0.0664 e. The predicted octanol–water partition coefficient (Wildman–Crippen LogP) is 0.695. The van der Waals surface area contributed by atoms with Crippen molar-refractivity contribution in [3.05, 3.63) is 30.1 Å². The van der Waals surface area contributed by atoms with E-state index in [1.807, 2.05) is 18.3 Å². The van der Waals surface area contributed by atoms with Crippen molar-refractivity contribution < 1.29 is 10.2 Å². The van der Waals surface area contributed by atoms with Crippen molar-refractivity contribution in [2.24, 2.45) is 0 Å². The number of aromatic nitrogens is 1. The van der Waals surface area contributed by atoms with Gasteiger partial charge in [0, 0.05) is 32.1 Å². The topological polar surface area (TPSA) is 65.4 Å². The number of hydrogen-bond donors (Lipinski definition) is 3. The van der Waals surface area contributed by atoms with Crippen molar-refractivity contribution in [3.63, 3.8) is 0 Å². The highest BCUT2D eigenvalue weighted by Gasteiger charge is 2.02. The molecule has 0 saturated carbocycles. The lowest BCUT2D eigenvalue weighted by Crippen LogP contribution is -2.26. The van der Waals surface area contributed by atoms with Gasteiger partial charge in [0.25, 0.3) is 0 Å². The van der Waals surface area contributed by atoms with Crippen LogP contribution in [-0.2, 0) is 6.54 Å². The van der Waals surface area contributed by atoms with E-state index in [-0.39, 0.29) is 12.7 Å². The Balaban J connectivity index is 2.06. The summed E-state index contributed by atoms with van der Waals surface area (Å²) in [6.45, 7) is 1.51. The second-order valence-corrected chi connectivity index (χ2v) is 3.87. The number of pyridine rings is 1. The number of rotatable bonds is 8. The number of unbranched alkanes of at least 4 members (excludes halogenated alkanes) is 1. The monoisotopic (exact) mass is 224 g/mol. The molecule has 0 aliphatic rings. The molecular formula is C12H20N2O2. The molecule has 0 aliphatic carbocycles. The molecule has 3 N–H and O–H groups in total. The molecule has 0 aliphatic heterocycles. The lowest BCUT2D eigenvalue weighted by Gasteiger charge is -2.11. The van der Waals surface area contributed by atoms with Gasteiger partial charge < -0.3 is 15.5 Å². The van der Waals surface area contributed by atoms with E-state index in [9.17, 15) is 5.11 Å². The van der Waals surface area contributed by atoms with Crippen LogP contribution in [0.5, 0.6) is 0 Å².